The van der Waals surface area contributed by atoms with Crippen molar-refractivity contribution in [2.45, 2.75) is 12.4 Å². The Morgan fingerprint density at radius 2 is 2.06 bits per heavy atom. The van der Waals surface area contributed by atoms with Crippen LogP contribution in [0.2, 0.25) is 0 Å². The van der Waals surface area contributed by atoms with Gasteiger partial charge >= 0.3 is 0 Å². The molecule has 3 heteroatoms. The molecule has 0 aliphatic rings. The molecule has 0 aliphatic heterocycles. The molecule has 0 aromatic heterocycles. The maximum absolute atomic E-state index is 5.92. The van der Waals surface area contributed by atoms with Gasteiger partial charge in [-0.05, 0) is 52.6 Å². The zero-order valence-electron chi connectivity index (χ0n) is 9.21. The number of nitrogens with two attached hydrogens (primary N) is 1. The Kier molecular flexibility index (Phi) is 4.21. The predicted molar refractivity (Wildman–Crippen MR) is 75.9 cm³/mol. The Balaban J connectivity index is 2.46. The third kappa shape index (κ3) is 2.89. The van der Waals surface area contributed by atoms with Crippen molar-refractivity contribution in [3.63, 3.8) is 0 Å². The van der Waals surface area contributed by atoms with Crippen LogP contribution in [0.3, 0.4) is 0 Å². The molecule has 2 aromatic rings. The normalized spacial score (nSPS) is 10.5. The van der Waals surface area contributed by atoms with Gasteiger partial charge in [0.15, 0.2) is 0 Å². The second-order valence-electron chi connectivity index (χ2n) is 3.75. The lowest BCUT2D eigenvalue weighted by molar-refractivity contribution is 1.04. The first-order valence-electron chi connectivity index (χ1n) is 5.30. The van der Waals surface area contributed by atoms with Crippen molar-refractivity contribution >= 4 is 27.5 Å². The van der Waals surface area contributed by atoms with Crippen LogP contribution >= 0.6 is 27.5 Å². The number of benzene rings is 2. The summed E-state index contributed by atoms with van der Waals surface area (Å²) in [6, 6.07) is 15.3. The molecular formula is C14H12BrClN. The topological polar surface area (TPSA) is 26.0 Å². The van der Waals surface area contributed by atoms with Crippen molar-refractivity contribution in [2.75, 3.05) is 0 Å². The van der Waals surface area contributed by atoms with Crippen molar-refractivity contribution in [2.24, 2.45) is 5.73 Å². The van der Waals surface area contributed by atoms with Crippen molar-refractivity contribution in [3.05, 3.63) is 58.1 Å². The fourth-order valence-corrected chi connectivity index (χ4v) is 2.35. The summed E-state index contributed by atoms with van der Waals surface area (Å²) < 4.78 is 1.05. The van der Waals surface area contributed by atoms with Crippen molar-refractivity contribution < 1.29 is 0 Å². The first-order chi connectivity index (χ1) is 8.24. The van der Waals surface area contributed by atoms with Crippen LogP contribution in [0.15, 0.2) is 40.9 Å². The Hall–Kier alpha value is -0.830. The minimum atomic E-state index is 0.474. The van der Waals surface area contributed by atoms with Crippen LogP contribution in [0, 0.1) is 6.07 Å². The van der Waals surface area contributed by atoms with Crippen LogP contribution in [-0.4, -0.2) is 0 Å². The third-order valence-corrected chi connectivity index (χ3v) is 3.41. The lowest BCUT2D eigenvalue weighted by Gasteiger charge is -2.08. The molecule has 0 saturated heterocycles. The monoisotopic (exact) mass is 308 g/mol. The Bertz CT molecular complexity index is 525. The van der Waals surface area contributed by atoms with E-state index in [1.54, 1.807) is 0 Å². The standard InChI is InChI=1S/C14H12BrClN/c15-14-3-1-2-10(7-14)11-4-5-12(9-17)13(6-11)8-16/h1-3,5-7H,8-9,17H2. The van der Waals surface area contributed by atoms with E-state index in [-0.39, 0.29) is 0 Å². The summed E-state index contributed by atoms with van der Waals surface area (Å²) in [5, 5.41) is 0. The van der Waals surface area contributed by atoms with E-state index in [9.17, 15) is 0 Å². The Morgan fingerprint density at radius 3 is 2.71 bits per heavy atom. The Labute approximate surface area is 115 Å². The maximum Gasteiger partial charge on any atom is 0.0477 e. The lowest BCUT2D eigenvalue weighted by Crippen LogP contribution is -2.00. The smallest absolute Gasteiger partial charge is 0.0477 e. The summed E-state index contributed by atoms with van der Waals surface area (Å²) >= 11 is 9.39. The number of alkyl halides is 1. The highest BCUT2D eigenvalue weighted by molar-refractivity contribution is 9.10. The molecule has 2 N–H and O–H groups in total. The number of hydrogen-bond acceptors (Lipinski definition) is 1. The van der Waals surface area contributed by atoms with Crippen LogP contribution in [-0.2, 0) is 12.4 Å². The highest BCUT2D eigenvalue weighted by Gasteiger charge is 2.04. The largest absolute Gasteiger partial charge is 0.326 e. The zero-order chi connectivity index (χ0) is 12.3. The molecule has 17 heavy (non-hydrogen) atoms. The summed E-state index contributed by atoms with van der Waals surface area (Å²) in [4.78, 5) is 0. The summed E-state index contributed by atoms with van der Waals surface area (Å²) in [5.41, 5.74) is 9.94. The predicted octanol–water partition coefficient (Wildman–Crippen LogP) is 4.11. The molecule has 0 bridgehead atoms. The minimum absolute atomic E-state index is 0.474. The lowest BCUT2D eigenvalue weighted by atomic mass is 10.00. The molecule has 0 saturated carbocycles. The van der Waals surface area contributed by atoms with Crippen LogP contribution < -0.4 is 5.73 Å². The van der Waals surface area contributed by atoms with E-state index >= 15 is 0 Å². The zero-order valence-corrected chi connectivity index (χ0v) is 11.6. The van der Waals surface area contributed by atoms with Crippen molar-refractivity contribution in [1.29, 1.82) is 0 Å². The summed E-state index contributed by atoms with van der Waals surface area (Å²) in [5.74, 6) is 0.474. The fraction of sp³-hybridized carbons (Fsp3) is 0.143. The van der Waals surface area contributed by atoms with Gasteiger partial charge in [-0.15, -0.1) is 11.6 Å². The highest BCUT2D eigenvalue weighted by atomic mass is 79.9. The van der Waals surface area contributed by atoms with Crippen LogP contribution in [0.25, 0.3) is 11.1 Å². The molecule has 0 heterocycles. The molecule has 2 aromatic carbocycles. The number of rotatable bonds is 3. The summed E-state index contributed by atoms with van der Waals surface area (Å²) in [6.45, 7) is 0.497. The fourth-order valence-electron chi connectivity index (χ4n) is 1.70. The van der Waals surface area contributed by atoms with E-state index in [2.05, 4.69) is 40.2 Å². The SMILES string of the molecule is NCc1c[c]c(-c2cccc(Br)c2)cc1CCl. The average molecular weight is 310 g/mol. The van der Waals surface area contributed by atoms with Gasteiger partial charge in [0.1, 0.15) is 0 Å². The van der Waals surface area contributed by atoms with Gasteiger partial charge in [0.25, 0.3) is 0 Å². The molecular weight excluding hydrogens is 298 g/mol. The number of halogens is 2. The van der Waals surface area contributed by atoms with Gasteiger partial charge in [0.05, 0.1) is 0 Å². The molecule has 1 radical (unpaired) electrons. The second kappa shape index (κ2) is 5.67. The van der Waals surface area contributed by atoms with Crippen molar-refractivity contribution in [1.82, 2.24) is 0 Å². The molecule has 87 valence electrons. The van der Waals surface area contributed by atoms with E-state index in [1.807, 2.05) is 18.2 Å². The average Bonchev–Trinajstić information content (AvgIpc) is 2.38. The van der Waals surface area contributed by atoms with E-state index in [4.69, 9.17) is 17.3 Å². The van der Waals surface area contributed by atoms with Crippen LogP contribution in [0.1, 0.15) is 11.1 Å². The molecule has 0 spiro atoms. The van der Waals surface area contributed by atoms with E-state index in [1.165, 1.54) is 0 Å². The molecule has 0 fully saturated rings. The molecule has 1 nitrogen and oxygen atoms in total. The number of hydrogen-bond donors (Lipinski definition) is 1. The maximum atomic E-state index is 5.92. The molecule has 0 unspecified atom stereocenters. The first-order valence-corrected chi connectivity index (χ1v) is 6.63. The van der Waals surface area contributed by atoms with Gasteiger partial charge in [0.2, 0.25) is 0 Å². The highest BCUT2D eigenvalue weighted by Crippen LogP contribution is 2.25. The molecule has 0 amide bonds. The first kappa shape index (κ1) is 12.6. The van der Waals surface area contributed by atoms with Gasteiger partial charge in [-0.1, -0.05) is 28.1 Å². The summed E-state index contributed by atoms with van der Waals surface area (Å²) in [7, 11) is 0. The quantitative estimate of drug-likeness (QED) is 0.848. The second-order valence-corrected chi connectivity index (χ2v) is 4.93. The summed E-state index contributed by atoms with van der Waals surface area (Å²) in [6.07, 6.45) is 0. The van der Waals surface area contributed by atoms with E-state index in [0.717, 1.165) is 26.7 Å². The van der Waals surface area contributed by atoms with Crippen molar-refractivity contribution in [3.8, 4) is 11.1 Å². The van der Waals surface area contributed by atoms with E-state index < -0.39 is 0 Å². The Morgan fingerprint density at radius 1 is 1.24 bits per heavy atom. The van der Waals surface area contributed by atoms with Gasteiger partial charge in [-0.2, -0.15) is 0 Å². The van der Waals surface area contributed by atoms with Gasteiger partial charge in [-0.3, -0.25) is 0 Å². The molecule has 0 atom stereocenters. The van der Waals surface area contributed by atoms with Gasteiger partial charge in [0, 0.05) is 16.9 Å². The third-order valence-electron chi connectivity index (χ3n) is 2.63. The molecule has 0 aliphatic carbocycles. The van der Waals surface area contributed by atoms with Crippen LogP contribution in [0.4, 0.5) is 0 Å². The van der Waals surface area contributed by atoms with Gasteiger partial charge in [-0.25, -0.2) is 0 Å². The minimum Gasteiger partial charge on any atom is -0.326 e. The van der Waals surface area contributed by atoms with Gasteiger partial charge < -0.3 is 5.73 Å². The van der Waals surface area contributed by atoms with E-state index in [0.29, 0.717) is 12.4 Å². The van der Waals surface area contributed by atoms with Crippen LogP contribution in [0.5, 0.6) is 0 Å². The molecule has 2 rings (SSSR count).